The first kappa shape index (κ1) is 11.5. The lowest BCUT2D eigenvalue weighted by molar-refractivity contribution is 0.103. The lowest BCUT2D eigenvalue weighted by Gasteiger charge is -2.05. The van der Waals surface area contributed by atoms with Crippen molar-refractivity contribution in [2.75, 3.05) is 0 Å². The quantitative estimate of drug-likeness (QED) is 0.658. The lowest BCUT2D eigenvalue weighted by Crippen LogP contribution is -2.07. The molecule has 0 bridgehead atoms. The van der Waals surface area contributed by atoms with Crippen molar-refractivity contribution in [3.05, 3.63) is 72.1 Å². The minimum absolute atomic E-state index is 0.160. The topological polar surface area (TPSA) is 42.9 Å². The summed E-state index contributed by atoms with van der Waals surface area (Å²) in [7, 11) is 0. The Morgan fingerprint density at radius 2 is 1.95 bits per heavy atom. The van der Waals surface area contributed by atoms with Crippen molar-refractivity contribution in [2.45, 2.75) is 0 Å². The van der Waals surface area contributed by atoms with Crippen molar-refractivity contribution in [3.63, 3.8) is 0 Å². The first-order valence-electron chi connectivity index (χ1n) is 5.75. The second-order valence-corrected chi connectivity index (χ2v) is 4.07. The Hall–Kier alpha value is -2.62. The van der Waals surface area contributed by atoms with E-state index in [-0.39, 0.29) is 5.69 Å². The van der Waals surface area contributed by atoms with Gasteiger partial charge in [-0.25, -0.2) is 9.37 Å². The Kier molecular flexibility index (Phi) is 2.76. The number of ketones is 1. The number of rotatable bonds is 2. The number of benzene rings is 1. The molecule has 0 spiro atoms. The zero-order valence-corrected chi connectivity index (χ0v) is 9.88. The van der Waals surface area contributed by atoms with Gasteiger partial charge >= 0.3 is 0 Å². The monoisotopic (exact) mass is 252 g/mol. The van der Waals surface area contributed by atoms with Gasteiger partial charge in [0, 0.05) is 29.5 Å². The van der Waals surface area contributed by atoms with Crippen LogP contribution in [0.25, 0.3) is 10.8 Å². The van der Waals surface area contributed by atoms with Gasteiger partial charge in [0.25, 0.3) is 0 Å². The van der Waals surface area contributed by atoms with Crippen LogP contribution in [0.2, 0.25) is 0 Å². The molecule has 0 fully saturated rings. The van der Waals surface area contributed by atoms with E-state index in [0.717, 1.165) is 10.8 Å². The fraction of sp³-hybridized carbons (Fsp3) is 0. The number of pyridine rings is 2. The third-order valence-electron chi connectivity index (χ3n) is 2.90. The van der Waals surface area contributed by atoms with Gasteiger partial charge in [-0.2, -0.15) is 0 Å². The summed E-state index contributed by atoms with van der Waals surface area (Å²) in [6.07, 6.45) is 4.68. The molecule has 0 saturated carbocycles. The van der Waals surface area contributed by atoms with Crippen molar-refractivity contribution >= 4 is 16.6 Å². The number of aromatic nitrogens is 2. The minimum Gasteiger partial charge on any atom is -0.287 e. The van der Waals surface area contributed by atoms with Gasteiger partial charge in [0.05, 0.1) is 0 Å². The molecule has 4 heteroatoms. The molecule has 0 aliphatic heterocycles. The van der Waals surface area contributed by atoms with Crippen molar-refractivity contribution in [3.8, 4) is 0 Å². The summed E-state index contributed by atoms with van der Waals surface area (Å²) in [5.41, 5.74) is 0.268. The summed E-state index contributed by atoms with van der Waals surface area (Å²) < 4.78 is 13.6. The van der Waals surface area contributed by atoms with Crippen molar-refractivity contribution < 1.29 is 9.18 Å². The summed E-state index contributed by atoms with van der Waals surface area (Å²) in [5.74, 6) is -1.03. The van der Waals surface area contributed by atoms with Gasteiger partial charge in [-0.3, -0.25) is 9.78 Å². The summed E-state index contributed by atoms with van der Waals surface area (Å²) in [6, 6.07) is 9.69. The molecule has 1 aromatic carbocycles. The summed E-state index contributed by atoms with van der Waals surface area (Å²) in [4.78, 5) is 20.2. The normalized spacial score (nSPS) is 10.6. The van der Waals surface area contributed by atoms with Crippen LogP contribution in [0.4, 0.5) is 4.39 Å². The Labute approximate surface area is 108 Å². The lowest BCUT2D eigenvalue weighted by atomic mass is 10.0. The summed E-state index contributed by atoms with van der Waals surface area (Å²) >= 11 is 0. The fourth-order valence-corrected chi connectivity index (χ4v) is 2.00. The van der Waals surface area contributed by atoms with Crippen LogP contribution in [-0.4, -0.2) is 15.8 Å². The van der Waals surface area contributed by atoms with Crippen LogP contribution in [0, 0.1) is 5.82 Å². The molecule has 3 nitrogen and oxygen atoms in total. The number of hydrogen-bond acceptors (Lipinski definition) is 3. The van der Waals surface area contributed by atoms with E-state index in [4.69, 9.17) is 0 Å². The maximum Gasteiger partial charge on any atom is 0.214 e. The molecule has 3 aromatic rings. The Morgan fingerprint density at radius 3 is 2.79 bits per heavy atom. The second-order valence-electron chi connectivity index (χ2n) is 4.07. The molecule has 2 aromatic heterocycles. The summed E-state index contributed by atoms with van der Waals surface area (Å²) in [6.45, 7) is 0. The van der Waals surface area contributed by atoms with Crippen LogP contribution >= 0.6 is 0 Å². The van der Waals surface area contributed by atoms with Gasteiger partial charge in [-0.1, -0.05) is 18.2 Å². The second kappa shape index (κ2) is 4.57. The molecule has 0 atom stereocenters. The van der Waals surface area contributed by atoms with E-state index in [1.165, 1.54) is 18.3 Å². The van der Waals surface area contributed by atoms with Crippen LogP contribution in [0.1, 0.15) is 16.1 Å². The minimum atomic E-state index is -0.612. The summed E-state index contributed by atoms with van der Waals surface area (Å²) in [5, 5.41) is 1.58. The predicted octanol–water partition coefficient (Wildman–Crippen LogP) is 3.00. The SMILES string of the molecule is O=C(c1ncccc1F)c1cccc2cnccc12. The zero-order valence-electron chi connectivity index (χ0n) is 9.88. The standard InChI is InChI=1S/C15H9FN2O/c16-13-5-2-7-18-14(13)15(19)12-4-1-3-10-9-17-8-6-11(10)12/h1-9H. The van der Waals surface area contributed by atoms with E-state index in [1.807, 2.05) is 6.07 Å². The van der Waals surface area contributed by atoms with Gasteiger partial charge < -0.3 is 0 Å². The highest BCUT2D eigenvalue weighted by molar-refractivity contribution is 6.15. The van der Waals surface area contributed by atoms with Crippen LogP contribution in [0.3, 0.4) is 0 Å². The van der Waals surface area contributed by atoms with Gasteiger partial charge in [0.15, 0.2) is 5.82 Å². The highest BCUT2D eigenvalue weighted by atomic mass is 19.1. The van der Waals surface area contributed by atoms with Crippen LogP contribution in [0.15, 0.2) is 55.0 Å². The van der Waals surface area contributed by atoms with Gasteiger partial charge in [-0.15, -0.1) is 0 Å². The molecule has 92 valence electrons. The van der Waals surface area contributed by atoms with Crippen molar-refractivity contribution in [1.29, 1.82) is 0 Å². The third-order valence-corrected chi connectivity index (χ3v) is 2.90. The van der Waals surface area contributed by atoms with E-state index < -0.39 is 11.6 Å². The van der Waals surface area contributed by atoms with Crippen molar-refractivity contribution in [2.24, 2.45) is 0 Å². The zero-order chi connectivity index (χ0) is 13.2. The largest absolute Gasteiger partial charge is 0.287 e. The number of hydrogen-bond donors (Lipinski definition) is 0. The average molecular weight is 252 g/mol. The Morgan fingerprint density at radius 1 is 1.05 bits per heavy atom. The molecule has 0 saturated heterocycles. The highest BCUT2D eigenvalue weighted by Gasteiger charge is 2.17. The smallest absolute Gasteiger partial charge is 0.214 e. The van der Waals surface area contributed by atoms with Crippen LogP contribution in [0.5, 0.6) is 0 Å². The van der Waals surface area contributed by atoms with E-state index in [0.29, 0.717) is 5.56 Å². The maximum atomic E-state index is 13.6. The molecule has 0 unspecified atom stereocenters. The van der Waals surface area contributed by atoms with Crippen LogP contribution in [-0.2, 0) is 0 Å². The Balaban J connectivity index is 2.20. The van der Waals surface area contributed by atoms with E-state index in [1.54, 1.807) is 30.6 Å². The number of halogens is 1. The highest BCUT2D eigenvalue weighted by Crippen LogP contribution is 2.20. The molecule has 0 radical (unpaired) electrons. The van der Waals surface area contributed by atoms with Gasteiger partial charge in [0.1, 0.15) is 5.69 Å². The van der Waals surface area contributed by atoms with E-state index in [2.05, 4.69) is 9.97 Å². The average Bonchev–Trinajstić information content (AvgIpc) is 2.46. The molecule has 3 rings (SSSR count). The molecule has 0 amide bonds. The molecule has 0 aliphatic rings. The first-order valence-corrected chi connectivity index (χ1v) is 5.75. The number of carbonyl (C=O) groups is 1. The number of nitrogens with zero attached hydrogens (tertiary/aromatic N) is 2. The number of fused-ring (bicyclic) bond motifs is 1. The number of carbonyl (C=O) groups excluding carboxylic acids is 1. The van der Waals surface area contributed by atoms with Crippen LogP contribution < -0.4 is 0 Å². The van der Waals surface area contributed by atoms with E-state index in [9.17, 15) is 9.18 Å². The first-order chi connectivity index (χ1) is 9.27. The fourth-order valence-electron chi connectivity index (χ4n) is 2.00. The Bertz CT molecular complexity index is 765. The molecule has 19 heavy (non-hydrogen) atoms. The van der Waals surface area contributed by atoms with E-state index >= 15 is 0 Å². The predicted molar refractivity (Wildman–Crippen MR) is 69.4 cm³/mol. The maximum absolute atomic E-state index is 13.6. The van der Waals surface area contributed by atoms with Gasteiger partial charge in [-0.05, 0) is 23.6 Å². The molecule has 0 N–H and O–H groups in total. The van der Waals surface area contributed by atoms with Crippen molar-refractivity contribution in [1.82, 2.24) is 9.97 Å². The molecular formula is C15H9FN2O. The molecule has 0 aliphatic carbocycles. The van der Waals surface area contributed by atoms with Gasteiger partial charge in [0.2, 0.25) is 5.78 Å². The molecular weight excluding hydrogens is 243 g/mol. The third kappa shape index (κ3) is 1.97. The molecule has 2 heterocycles.